The maximum Gasteiger partial charge on any atom is 0.254 e. The van der Waals surface area contributed by atoms with Crippen LogP contribution in [0.1, 0.15) is 41.6 Å². The molecule has 1 aliphatic carbocycles. The maximum absolute atomic E-state index is 12.8. The molecule has 5 heteroatoms. The molecule has 0 N–H and O–H groups in total. The molecule has 0 aliphatic heterocycles. The second kappa shape index (κ2) is 8.01. The first kappa shape index (κ1) is 17.3. The summed E-state index contributed by atoms with van der Waals surface area (Å²) in [5, 5.41) is 0. The Labute approximate surface area is 148 Å². The van der Waals surface area contributed by atoms with E-state index in [1.807, 2.05) is 12.1 Å². The van der Waals surface area contributed by atoms with E-state index in [1.54, 1.807) is 49.7 Å². The van der Waals surface area contributed by atoms with Gasteiger partial charge in [0.05, 0.1) is 13.2 Å². The Kier molecular flexibility index (Phi) is 5.53. The van der Waals surface area contributed by atoms with Crippen LogP contribution in [0.2, 0.25) is 0 Å². The Balaban J connectivity index is 1.75. The number of hydrogen-bond donors (Lipinski definition) is 0. The third-order valence-corrected chi connectivity index (χ3v) is 4.52. The van der Waals surface area contributed by atoms with Crippen LogP contribution in [-0.4, -0.2) is 36.1 Å². The summed E-state index contributed by atoms with van der Waals surface area (Å²) >= 11 is 0. The van der Waals surface area contributed by atoms with E-state index in [4.69, 9.17) is 9.47 Å². The predicted molar refractivity (Wildman–Crippen MR) is 95.9 cm³/mol. The SMILES string of the molecule is COc1ccc(C(=O)N(C)Cc2ccncc2)cc1OC1CCCC1. The second-order valence-electron chi connectivity index (χ2n) is 6.41. The molecule has 1 heterocycles. The van der Waals surface area contributed by atoms with Gasteiger partial charge < -0.3 is 14.4 Å². The molecule has 1 fully saturated rings. The first-order valence-electron chi connectivity index (χ1n) is 8.66. The third-order valence-electron chi connectivity index (χ3n) is 4.52. The number of pyridine rings is 1. The minimum absolute atomic E-state index is 0.0456. The molecule has 1 aliphatic rings. The molecule has 0 radical (unpaired) electrons. The molecule has 0 spiro atoms. The Morgan fingerprint density at radius 2 is 1.88 bits per heavy atom. The van der Waals surface area contributed by atoms with Gasteiger partial charge in [0, 0.05) is 31.5 Å². The topological polar surface area (TPSA) is 51.7 Å². The number of ether oxygens (including phenoxy) is 2. The van der Waals surface area contributed by atoms with Gasteiger partial charge in [0.25, 0.3) is 5.91 Å². The van der Waals surface area contributed by atoms with Crippen molar-refractivity contribution in [2.24, 2.45) is 0 Å². The highest BCUT2D eigenvalue weighted by molar-refractivity contribution is 5.94. The number of rotatable bonds is 6. The van der Waals surface area contributed by atoms with Crippen LogP contribution >= 0.6 is 0 Å². The zero-order valence-corrected chi connectivity index (χ0v) is 14.8. The summed E-state index contributed by atoms with van der Waals surface area (Å²) < 4.78 is 11.5. The van der Waals surface area contributed by atoms with Crippen LogP contribution in [0.3, 0.4) is 0 Å². The van der Waals surface area contributed by atoms with E-state index >= 15 is 0 Å². The first-order chi connectivity index (χ1) is 12.2. The quantitative estimate of drug-likeness (QED) is 0.805. The van der Waals surface area contributed by atoms with Gasteiger partial charge in [-0.25, -0.2) is 0 Å². The summed E-state index contributed by atoms with van der Waals surface area (Å²) in [6.07, 6.45) is 8.18. The van der Waals surface area contributed by atoms with E-state index in [-0.39, 0.29) is 12.0 Å². The first-order valence-corrected chi connectivity index (χ1v) is 8.66. The van der Waals surface area contributed by atoms with Crippen LogP contribution in [0.15, 0.2) is 42.7 Å². The third kappa shape index (κ3) is 4.29. The van der Waals surface area contributed by atoms with Crippen molar-refractivity contribution in [2.45, 2.75) is 38.3 Å². The van der Waals surface area contributed by atoms with E-state index in [0.29, 0.717) is 23.6 Å². The standard InChI is InChI=1S/C20H24N2O3/c1-22(14-15-9-11-21-12-10-15)20(23)16-7-8-18(24-2)19(13-16)25-17-5-3-4-6-17/h7-13,17H,3-6,14H2,1-2H3. The number of carbonyl (C=O) groups excluding carboxylic acids is 1. The molecule has 0 unspecified atom stereocenters. The molecule has 25 heavy (non-hydrogen) atoms. The molecule has 1 aromatic carbocycles. The van der Waals surface area contributed by atoms with Crippen molar-refractivity contribution < 1.29 is 14.3 Å². The molecule has 132 valence electrons. The fourth-order valence-electron chi connectivity index (χ4n) is 3.14. The highest BCUT2D eigenvalue weighted by Crippen LogP contribution is 2.32. The minimum Gasteiger partial charge on any atom is -0.493 e. The van der Waals surface area contributed by atoms with E-state index in [9.17, 15) is 4.79 Å². The Morgan fingerprint density at radius 1 is 1.16 bits per heavy atom. The molecule has 1 saturated carbocycles. The van der Waals surface area contributed by atoms with Gasteiger partial charge in [-0.15, -0.1) is 0 Å². The molecule has 0 bridgehead atoms. The summed E-state index contributed by atoms with van der Waals surface area (Å²) in [5.74, 6) is 1.27. The molecule has 0 saturated heterocycles. The summed E-state index contributed by atoms with van der Waals surface area (Å²) in [6, 6.07) is 9.20. The Morgan fingerprint density at radius 3 is 2.56 bits per heavy atom. The predicted octanol–water partition coefficient (Wildman–Crippen LogP) is 3.68. The zero-order valence-electron chi connectivity index (χ0n) is 14.8. The smallest absolute Gasteiger partial charge is 0.254 e. The van der Waals surface area contributed by atoms with Gasteiger partial charge in [-0.05, 0) is 61.6 Å². The number of aromatic nitrogens is 1. The highest BCUT2D eigenvalue weighted by Gasteiger charge is 2.20. The average molecular weight is 340 g/mol. The molecule has 2 aromatic rings. The molecule has 1 amide bonds. The van der Waals surface area contributed by atoms with E-state index < -0.39 is 0 Å². The lowest BCUT2D eigenvalue weighted by Crippen LogP contribution is -2.26. The van der Waals surface area contributed by atoms with Crippen molar-refractivity contribution in [3.05, 3.63) is 53.9 Å². The van der Waals surface area contributed by atoms with Crippen LogP contribution in [-0.2, 0) is 6.54 Å². The average Bonchev–Trinajstić information content (AvgIpc) is 3.15. The summed E-state index contributed by atoms with van der Waals surface area (Å²) in [5.41, 5.74) is 1.65. The van der Waals surface area contributed by atoms with Crippen LogP contribution in [0.5, 0.6) is 11.5 Å². The number of amides is 1. The van der Waals surface area contributed by atoms with E-state index in [2.05, 4.69) is 4.98 Å². The monoisotopic (exact) mass is 340 g/mol. The lowest BCUT2D eigenvalue weighted by molar-refractivity contribution is 0.0784. The van der Waals surface area contributed by atoms with Crippen LogP contribution in [0.25, 0.3) is 0 Å². The maximum atomic E-state index is 12.8. The fourth-order valence-corrected chi connectivity index (χ4v) is 3.14. The highest BCUT2D eigenvalue weighted by atomic mass is 16.5. The number of benzene rings is 1. The van der Waals surface area contributed by atoms with Crippen LogP contribution < -0.4 is 9.47 Å². The molecule has 3 rings (SSSR count). The number of carbonyl (C=O) groups is 1. The van der Waals surface area contributed by atoms with Crippen LogP contribution in [0.4, 0.5) is 0 Å². The van der Waals surface area contributed by atoms with Crippen molar-refractivity contribution in [1.82, 2.24) is 9.88 Å². The lowest BCUT2D eigenvalue weighted by atomic mass is 10.1. The second-order valence-corrected chi connectivity index (χ2v) is 6.41. The van der Waals surface area contributed by atoms with Crippen molar-refractivity contribution in [3.63, 3.8) is 0 Å². The number of methoxy groups -OCH3 is 1. The van der Waals surface area contributed by atoms with Crippen molar-refractivity contribution in [2.75, 3.05) is 14.2 Å². The van der Waals surface area contributed by atoms with E-state index in [0.717, 1.165) is 18.4 Å². The molecule has 5 nitrogen and oxygen atoms in total. The molecular formula is C20H24N2O3. The normalized spacial score (nSPS) is 14.3. The summed E-state index contributed by atoms with van der Waals surface area (Å²) in [6.45, 7) is 0.534. The van der Waals surface area contributed by atoms with Gasteiger partial charge in [0.1, 0.15) is 0 Å². The Hall–Kier alpha value is -2.56. The van der Waals surface area contributed by atoms with E-state index in [1.165, 1.54) is 12.8 Å². The fraction of sp³-hybridized carbons (Fsp3) is 0.400. The molecule has 0 atom stereocenters. The van der Waals surface area contributed by atoms with Crippen LogP contribution in [0, 0.1) is 0 Å². The number of nitrogens with zero attached hydrogens (tertiary/aromatic N) is 2. The van der Waals surface area contributed by atoms with Gasteiger partial charge in [0.2, 0.25) is 0 Å². The van der Waals surface area contributed by atoms with Gasteiger partial charge in [-0.1, -0.05) is 0 Å². The summed E-state index contributed by atoms with van der Waals surface area (Å²) in [7, 11) is 3.42. The van der Waals surface area contributed by atoms with Gasteiger partial charge in [-0.3, -0.25) is 9.78 Å². The summed E-state index contributed by atoms with van der Waals surface area (Å²) in [4.78, 5) is 18.4. The van der Waals surface area contributed by atoms with Crippen molar-refractivity contribution >= 4 is 5.91 Å². The Bertz CT molecular complexity index is 712. The van der Waals surface area contributed by atoms with Gasteiger partial charge in [-0.2, -0.15) is 0 Å². The largest absolute Gasteiger partial charge is 0.493 e. The van der Waals surface area contributed by atoms with Gasteiger partial charge in [0.15, 0.2) is 11.5 Å². The lowest BCUT2D eigenvalue weighted by Gasteiger charge is -2.20. The van der Waals surface area contributed by atoms with Crippen molar-refractivity contribution in [1.29, 1.82) is 0 Å². The minimum atomic E-state index is -0.0456. The van der Waals surface area contributed by atoms with Crippen molar-refractivity contribution in [3.8, 4) is 11.5 Å². The zero-order chi connectivity index (χ0) is 17.6. The number of hydrogen-bond acceptors (Lipinski definition) is 4. The molecular weight excluding hydrogens is 316 g/mol. The van der Waals surface area contributed by atoms with Gasteiger partial charge >= 0.3 is 0 Å². The molecule has 1 aromatic heterocycles.